The molecule has 1 aliphatic heterocycles. The quantitative estimate of drug-likeness (QED) is 0.809. The van der Waals surface area contributed by atoms with Crippen LogP contribution in [0.4, 0.5) is 13.2 Å². The molecule has 0 aromatic rings. The van der Waals surface area contributed by atoms with Crippen molar-refractivity contribution in [2.45, 2.75) is 50.4 Å². The zero-order valence-corrected chi connectivity index (χ0v) is 10.3. The number of hydrogen-bond acceptors (Lipinski definition) is 2. The van der Waals surface area contributed by atoms with Gasteiger partial charge in [0.05, 0.1) is 5.92 Å². The van der Waals surface area contributed by atoms with Gasteiger partial charge in [0.2, 0.25) is 0 Å². The van der Waals surface area contributed by atoms with E-state index < -0.39 is 12.1 Å². The Kier molecular flexibility index (Phi) is 3.98. The van der Waals surface area contributed by atoms with Crippen LogP contribution in [0.3, 0.4) is 0 Å². The number of alkyl halides is 3. The summed E-state index contributed by atoms with van der Waals surface area (Å²) in [6.45, 7) is 1.23. The van der Waals surface area contributed by atoms with Crippen molar-refractivity contribution in [2.75, 3.05) is 20.1 Å². The van der Waals surface area contributed by atoms with Crippen molar-refractivity contribution in [3.05, 3.63) is 0 Å². The van der Waals surface area contributed by atoms with Crippen LogP contribution in [0.5, 0.6) is 0 Å². The van der Waals surface area contributed by atoms with Crippen LogP contribution in [0.2, 0.25) is 0 Å². The highest BCUT2D eigenvalue weighted by Gasteiger charge is 2.42. The van der Waals surface area contributed by atoms with E-state index in [1.54, 1.807) is 0 Å². The number of nitrogens with zero attached hydrogens (tertiary/aromatic N) is 1. The Morgan fingerprint density at radius 3 is 2.18 bits per heavy atom. The molecule has 17 heavy (non-hydrogen) atoms. The van der Waals surface area contributed by atoms with Gasteiger partial charge in [0.1, 0.15) is 0 Å². The van der Waals surface area contributed by atoms with Crippen LogP contribution >= 0.6 is 0 Å². The maximum atomic E-state index is 12.5. The van der Waals surface area contributed by atoms with Crippen molar-refractivity contribution < 1.29 is 13.2 Å². The van der Waals surface area contributed by atoms with Gasteiger partial charge in [-0.15, -0.1) is 0 Å². The summed E-state index contributed by atoms with van der Waals surface area (Å²) in [6.07, 6.45) is -0.0561. The van der Waals surface area contributed by atoms with Gasteiger partial charge in [-0.3, -0.25) is 0 Å². The van der Waals surface area contributed by atoms with Gasteiger partial charge in [-0.2, -0.15) is 13.2 Å². The van der Waals surface area contributed by atoms with Crippen molar-refractivity contribution in [1.29, 1.82) is 0 Å². The van der Waals surface area contributed by atoms with Gasteiger partial charge in [-0.25, -0.2) is 0 Å². The molecule has 0 amide bonds. The molecule has 1 aliphatic carbocycles. The van der Waals surface area contributed by atoms with Gasteiger partial charge in [0, 0.05) is 12.1 Å². The third kappa shape index (κ3) is 3.13. The first-order chi connectivity index (χ1) is 8.00. The topological polar surface area (TPSA) is 15.3 Å². The Morgan fingerprint density at radius 1 is 1.06 bits per heavy atom. The lowest BCUT2D eigenvalue weighted by Crippen LogP contribution is -2.43. The normalized spacial score (nSPS) is 33.2. The van der Waals surface area contributed by atoms with Gasteiger partial charge in [-0.05, 0) is 52.2 Å². The molecule has 2 unspecified atom stereocenters. The summed E-state index contributed by atoms with van der Waals surface area (Å²) in [5.74, 6) is -1.07. The average molecular weight is 250 g/mol. The maximum absolute atomic E-state index is 12.5. The molecular formula is C12H21F3N2. The molecule has 1 saturated heterocycles. The number of halogens is 3. The highest BCUT2D eigenvalue weighted by Crippen LogP contribution is 2.36. The average Bonchev–Trinajstić information content (AvgIpc) is 2.76. The van der Waals surface area contributed by atoms with Crippen LogP contribution in [-0.4, -0.2) is 43.3 Å². The fraction of sp³-hybridized carbons (Fsp3) is 1.00. The Bertz CT molecular complexity index is 247. The first-order valence-corrected chi connectivity index (χ1v) is 6.48. The van der Waals surface area contributed by atoms with E-state index in [1.807, 2.05) is 7.05 Å². The Hall–Kier alpha value is -0.290. The van der Waals surface area contributed by atoms with E-state index in [9.17, 15) is 13.2 Å². The van der Waals surface area contributed by atoms with Crippen molar-refractivity contribution in [3.63, 3.8) is 0 Å². The van der Waals surface area contributed by atoms with Crippen LogP contribution in [0.15, 0.2) is 0 Å². The second-order valence-electron chi connectivity index (χ2n) is 5.30. The van der Waals surface area contributed by atoms with Crippen LogP contribution in [0.1, 0.15) is 32.1 Å². The van der Waals surface area contributed by atoms with E-state index in [0.29, 0.717) is 25.2 Å². The van der Waals surface area contributed by atoms with E-state index in [2.05, 4.69) is 10.2 Å². The van der Waals surface area contributed by atoms with Crippen LogP contribution in [-0.2, 0) is 0 Å². The monoisotopic (exact) mass is 250 g/mol. The van der Waals surface area contributed by atoms with Crippen molar-refractivity contribution >= 4 is 0 Å². The molecule has 2 atom stereocenters. The molecule has 100 valence electrons. The van der Waals surface area contributed by atoms with E-state index in [4.69, 9.17) is 0 Å². The molecule has 0 bridgehead atoms. The van der Waals surface area contributed by atoms with Crippen LogP contribution < -0.4 is 5.32 Å². The summed E-state index contributed by atoms with van der Waals surface area (Å²) in [7, 11) is 1.96. The van der Waals surface area contributed by atoms with Gasteiger partial charge in [-0.1, -0.05) is 0 Å². The lowest BCUT2D eigenvalue weighted by Gasteiger charge is -2.36. The predicted molar refractivity (Wildman–Crippen MR) is 60.8 cm³/mol. The Morgan fingerprint density at radius 2 is 1.71 bits per heavy atom. The number of hydrogen-bond donors (Lipinski definition) is 1. The molecule has 0 radical (unpaired) electrons. The summed E-state index contributed by atoms with van der Waals surface area (Å²) in [5.41, 5.74) is 0. The van der Waals surface area contributed by atoms with E-state index >= 15 is 0 Å². The summed E-state index contributed by atoms with van der Waals surface area (Å²) in [4.78, 5) is 2.26. The molecule has 2 rings (SSSR count). The number of piperidine rings is 1. The largest absolute Gasteiger partial charge is 0.391 e. The smallest absolute Gasteiger partial charge is 0.317 e. The SMILES string of the molecule is CNC1CCC(N2CCC(C(F)(F)F)CC2)C1. The second kappa shape index (κ2) is 5.14. The van der Waals surface area contributed by atoms with E-state index in [0.717, 1.165) is 19.3 Å². The minimum Gasteiger partial charge on any atom is -0.317 e. The van der Waals surface area contributed by atoms with Crippen LogP contribution in [0, 0.1) is 5.92 Å². The summed E-state index contributed by atoms with van der Waals surface area (Å²) in [5, 5.41) is 3.26. The van der Waals surface area contributed by atoms with Crippen LogP contribution in [0.25, 0.3) is 0 Å². The first kappa shape index (κ1) is 13.1. The van der Waals surface area contributed by atoms with Gasteiger partial charge in [0.25, 0.3) is 0 Å². The highest BCUT2D eigenvalue weighted by atomic mass is 19.4. The molecule has 1 saturated carbocycles. The molecule has 2 aliphatic rings. The highest BCUT2D eigenvalue weighted by molar-refractivity contribution is 4.89. The first-order valence-electron chi connectivity index (χ1n) is 6.48. The lowest BCUT2D eigenvalue weighted by atomic mass is 9.95. The molecule has 1 heterocycles. The zero-order chi connectivity index (χ0) is 12.5. The molecule has 2 fully saturated rings. The summed E-state index contributed by atoms with van der Waals surface area (Å²) < 4.78 is 37.6. The molecule has 2 nitrogen and oxygen atoms in total. The molecule has 0 aromatic heterocycles. The Labute approximate surface area is 101 Å². The molecule has 0 spiro atoms. The third-order valence-corrected chi connectivity index (χ3v) is 4.32. The minimum absolute atomic E-state index is 0.282. The van der Waals surface area contributed by atoms with E-state index in [-0.39, 0.29) is 12.8 Å². The molecule has 1 N–H and O–H groups in total. The second-order valence-corrected chi connectivity index (χ2v) is 5.30. The van der Waals surface area contributed by atoms with Gasteiger partial charge >= 0.3 is 6.18 Å². The number of likely N-dealkylation sites (tertiary alicyclic amines) is 1. The number of rotatable bonds is 2. The fourth-order valence-electron chi connectivity index (χ4n) is 3.14. The predicted octanol–water partition coefficient (Wildman–Crippen LogP) is 2.40. The van der Waals surface area contributed by atoms with E-state index in [1.165, 1.54) is 0 Å². The van der Waals surface area contributed by atoms with Gasteiger partial charge in [0.15, 0.2) is 0 Å². The maximum Gasteiger partial charge on any atom is 0.391 e. The summed E-state index contributed by atoms with van der Waals surface area (Å²) >= 11 is 0. The lowest BCUT2D eigenvalue weighted by molar-refractivity contribution is -0.186. The zero-order valence-electron chi connectivity index (χ0n) is 10.3. The Balaban J connectivity index is 1.80. The summed E-state index contributed by atoms with van der Waals surface area (Å²) in [6, 6.07) is 1.06. The molecular weight excluding hydrogens is 229 g/mol. The standard InChI is InChI=1S/C12H21F3N2/c1-16-10-2-3-11(8-10)17-6-4-9(5-7-17)12(13,14)15/h9-11,16H,2-8H2,1H3. The minimum atomic E-state index is -3.99. The van der Waals surface area contributed by atoms with Crippen molar-refractivity contribution in [2.24, 2.45) is 5.92 Å². The number of nitrogens with one attached hydrogen (secondary N) is 1. The van der Waals surface area contributed by atoms with Crippen molar-refractivity contribution in [1.82, 2.24) is 10.2 Å². The van der Waals surface area contributed by atoms with Crippen molar-refractivity contribution in [3.8, 4) is 0 Å². The fourth-order valence-corrected chi connectivity index (χ4v) is 3.14. The third-order valence-electron chi connectivity index (χ3n) is 4.32. The molecule has 0 aromatic carbocycles. The molecule has 5 heteroatoms. The van der Waals surface area contributed by atoms with Gasteiger partial charge < -0.3 is 10.2 Å².